The van der Waals surface area contributed by atoms with Gasteiger partial charge in [-0.2, -0.15) is 0 Å². The Hall–Kier alpha value is -1.23. The summed E-state index contributed by atoms with van der Waals surface area (Å²) >= 11 is 0. The summed E-state index contributed by atoms with van der Waals surface area (Å²) in [5.74, 6) is 0.0862. The van der Waals surface area contributed by atoms with Gasteiger partial charge in [0.05, 0.1) is 5.69 Å². The second-order valence-electron chi connectivity index (χ2n) is 3.85. The highest BCUT2D eigenvalue weighted by atomic mass is 19.1. The number of aromatic nitrogens is 2. The second-order valence-corrected chi connectivity index (χ2v) is 3.85. The zero-order chi connectivity index (χ0) is 10.8. The fourth-order valence-electron chi connectivity index (χ4n) is 1.83. The first-order valence-corrected chi connectivity index (χ1v) is 5.11. The molecule has 4 nitrogen and oxygen atoms in total. The standard InChI is InChI=1S/C10H15FN4/c1-7-9(11)10(14-6-13-7)15(2)8-3-4-12-5-8/h6,8,12H,3-5H2,1-2H3. The Balaban J connectivity index is 2.24. The Bertz CT molecular complexity index is 349. The van der Waals surface area contributed by atoms with Crippen LogP contribution in [0.2, 0.25) is 0 Å². The maximum absolute atomic E-state index is 13.7. The molecule has 0 saturated carbocycles. The zero-order valence-corrected chi connectivity index (χ0v) is 9.00. The van der Waals surface area contributed by atoms with Crippen LogP contribution in [0.4, 0.5) is 10.2 Å². The molecular formula is C10H15FN4. The van der Waals surface area contributed by atoms with Crippen molar-refractivity contribution >= 4 is 5.82 Å². The van der Waals surface area contributed by atoms with E-state index in [0.717, 1.165) is 19.5 Å². The Morgan fingerprint density at radius 3 is 3.00 bits per heavy atom. The molecule has 0 radical (unpaired) electrons. The molecule has 1 fully saturated rings. The molecule has 1 unspecified atom stereocenters. The normalized spacial score (nSPS) is 20.6. The predicted octanol–water partition coefficient (Wildman–Crippen LogP) is 0.722. The minimum atomic E-state index is -0.313. The van der Waals surface area contributed by atoms with Crippen molar-refractivity contribution in [1.29, 1.82) is 0 Å². The number of aryl methyl sites for hydroxylation is 1. The van der Waals surface area contributed by atoms with E-state index in [0.29, 0.717) is 17.6 Å². The van der Waals surface area contributed by atoms with Gasteiger partial charge in [-0.15, -0.1) is 0 Å². The second kappa shape index (κ2) is 4.10. The van der Waals surface area contributed by atoms with E-state index < -0.39 is 0 Å². The van der Waals surface area contributed by atoms with Crippen LogP contribution in [0.3, 0.4) is 0 Å². The Morgan fingerprint density at radius 1 is 1.53 bits per heavy atom. The van der Waals surface area contributed by atoms with Crippen LogP contribution in [0.1, 0.15) is 12.1 Å². The van der Waals surface area contributed by atoms with Crippen molar-refractivity contribution in [1.82, 2.24) is 15.3 Å². The van der Waals surface area contributed by atoms with Crippen molar-refractivity contribution in [3.8, 4) is 0 Å². The molecule has 82 valence electrons. The van der Waals surface area contributed by atoms with Gasteiger partial charge in [0.2, 0.25) is 0 Å². The first-order chi connectivity index (χ1) is 7.20. The first-order valence-electron chi connectivity index (χ1n) is 5.11. The summed E-state index contributed by atoms with van der Waals surface area (Å²) < 4.78 is 13.7. The van der Waals surface area contributed by atoms with Gasteiger partial charge in [-0.25, -0.2) is 14.4 Å². The number of hydrogen-bond acceptors (Lipinski definition) is 4. The summed E-state index contributed by atoms with van der Waals surface area (Å²) in [4.78, 5) is 9.71. The minimum Gasteiger partial charge on any atom is -0.353 e. The number of anilines is 1. The highest BCUT2D eigenvalue weighted by Gasteiger charge is 2.23. The van der Waals surface area contributed by atoms with Crippen LogP contribution in [0.15, 0.2) is 6.33 Å². The molecule has 0 aromatic carbocycles. The monoisotopic (exact) mass is 210 g/mol. The molecule has 1 atom stereocenters. The number of halogens is 1. The summed E-state index contributed by atoms with van der Waals surface area (Å²) in [6.45, 7) is 3.53. The van der Waals surface area contributed by atoms with E-state index >= 15 is 0 Å². The number of likely N-dealkylation sites (N-methyl/N-ethyl adjacent to an activating group) is 1. The number of rotatable bonds is 2. The van der Waals surface area contributed by atoms with E-state index in [-0.39, 0.29) is 5.82 Å². The molecule has 1 saturated heterocycles. The molecule has 1 aliphatic heterocycles. The van der Waals surface area contributed by atoms with Crippen molar-refractivity contribution < 1.29 is 4.39 Å². The van der Waals surface area contributed by atoms with Crippen molar-refractivity contribution in [2.45, 2.75) is 19.4 Å². The van der Waals surface area contributed by atoms with E-state index in [1.807, 2.05) is 11.9 Å². The largest absolute Gasteiger partial charge is 0.353 e. The summed E-state index contributed by atoms with van der Waals surface area (Å²) in [7, 11) is 1.88. The molecule has 5 heteroatoms. The van der Waals surface area contributed by atoms with Crippen LogP contribution >= 0.6 is 0 Å². The van der Waals surface area contributed by atoms with E-state index in [4.69, 9.17) is 0 Å². The van der Waals surface area contributed by atoms with Crippen LogP contribution in [0, 0.1) is 12.7 Å². The van der Waals surface area contributed by atoms with Crippen LogP contribution in [0.25, 0.3) is 0 Å². The minimum absolute atomic E-state index is 0.313. The van der Waals surface area contributed by atoms with Gasteiger partial charge in [-0.05, 0) is 19.9 Å². The third-order valence-corrected chi connectivity index (χ3v) is 2.86. The summed E-state index contributed by atoms with van der Waals surface area (Å²) in [5, 5.41) is 3.25. The molecule has 1 aliphatic rings. The average Bonchev–Trinajstić information content (AvgIpc) is 2.74. The molecule has 0 bridgehead atoms. The van der Waals surface area contributed by atoms with Gasteiger partial charge < -0.3 is 10.2 Å². The van der Waals surface area contributed by atoms with Crippen LogP contribution in [-0.2, 0) is 0 Å². The van der Waals surface area contributed by atoms with Gasteiger partial charge in [0.15, 0.2) is 11.6 Å². The highest BCUT2D eigenvalue weighted by Crippen LogP contribution is 2.20. The van der Waals surface area contributed by atoms with E-state index in [2.05, 4.69) is 15.3 Å². The third kappa shape index (κ3) is 1.92. The SMILES string of the molecule is Cc1ncnc(N(C)C2CCNC2)c1F. The molecule has 1 N–H and O–H groups in total. The lowest BCUT2D eigenvalue weighted by molar-refractivity contribution is 0.579. The first kappa shape index (κ1) is 10.3. The fourth-order valence-corrected chi connectivity index (χ4v) is 1.83. The van der Waals surface area contributed by atoms with Crippen molar-refractivity contribution in [3.05, 3.63) is 17.8 Å². The Morgan fingerprint density at radius 2 is 2.33 bits per heavy atom. The molecule has 0 spiro atoms. The topological polar surface area (TPSA) is 41.1 Å². The molecule has 0 amide bonds. The zero-order valence-electron chi connectivity index (χ0n) is 9.00. The van der Waals surface area contributed by atoms with Gasteiger partial charge in [0.1, 0.15) is 6.33 Å². The highest BCUT2D eigenvalue weighted by molar-refractivity contribution is 5.41. The van der Waals surface area contributed by atoms with E-state index in [1.54, 1.807) is 6.92 Å². The third-order valence-electron chi connectivity index (χ3n) is 2.86. The van der Waals surface area contributed by atoms with Crippen LogP contribution in [-0.4, -0.2) is 36.1 Å². The number of nitrogens with one attached hydrogen (secondary N) is 1. The molecule has 0 aliphatic carbocycles. The number of hydrogen-bond donors (Lipinski definition) is 1. The van der Waals surface area contributed by atoms with E-state index in [1.165, 1.54) is 6.33 Å². The maximum Gasteiger partial charge on any atom is 0.186 e. The van der Waals surface area contributed by atoms with Gasteiger partial charge in [-0.1, -0.05) is 0 Å². The fraction of sp³-hybridized carbons (Fsp3) is 0.600. The van der Waals surface area contributed by atoms with Gasteiger partial charge in [0.25, 0.3) is 0 Å². The average molecular weight is 210 g/mol. The maximum atomic E-state index is 13.7. The Labute approximate surface area is 88.5 Å². The lowest BCUT2D eigenvalue weighted by Gasteiger charge is -2.25. The molecule has 15 heavy (non-hydrogen) atoms. The van der Waals surface area contributed by atoms with Crippen molar-refractivity contribution in [2.75, 3.05) is 25.0 Å². The van der Waals surface area contributed by atoms with Gasteiger partial charge in [0, 0.05) is 19.6 Å². The quantitative estimate of drug-likeness (QED) is 0.781. The van der Waals surface area contributed by atoms with Crippen molar-refractivity contribution in [2.24, 2.45) is 0 Å². The van der Waals surface area contributed by atoms with Crippen molar-refractivity contribution in [3.63, 3.8) is 0 Å². The summed E-state index contributed by atoms with van der Waals surface area (Å²) in [5.41, 5.74) is 0.401. The summed E-state index contributed by atoms with van der Waals surface area (Å²) in [6.07, 6.45) is 2.44. The Kier molecular flexibility index (Phi) is 2.81. The van der Waals surface area contributed by atoms with Gasteiger partial charge >= 0.3 is 0 Å². The summed E-state index contributed by atoms with van der Waals surface area (Å²) in [6, 6.07) is 0.328. The molecule has 2 heterocycles. The lowest BCUT2D eigenvalue weighted by atomic mass is 10.2. The molecule has 2 rings (SSSR count). The van der Waals surface area contributed by atoms with E-state index in [9.17, 15) is 4.39 Å². The van der Waals surface area contributed by atoms with Gasteiger partial charge in [-0.3, -0.25) is 0 Å². The predicted molar refractivity (Wildman–Crippen MR) is 56.4 cm³/mol. The number of nitrogens with zero attached hydrogens (tertiary/aromatic N) is 3. The lowest BCUT2D eigenvalue weighted by Crippen LogP contribution is -2.34. The van der Waals surface area contributed by atoms with Crippen LogP contribution < -0.4 is 10.2 Å². The van der Waals surface area contributed by atoms with Crippen LogP contribution in [0.5, 0.6) is 0 Å². The molecule has 1 aromatic heterocycles. The molecule has 1 aromatic rings. The molecular weight excluding hydrogens is 195 g/mol. The smallest absolute Gasteiger partial charge is 0.186 e.